The van der Waals surface area contributed by atoms with Crippen molar-refractivity contribution < 1.29 is 5.21 Å². The van der Waals surface area contributed by atoms with Crippen LogP contribution < -0.4 is 5.32 Å². The van der Waals surface area contributed by atoms with Crippen LogP contribution in [-0.2, 0) is 6.54 Å². The summed E-state index contributed by atoms with van der Waals surface area (Å²) in [5, 5.41) is 26.4. The van der Waals surface area contributed by atoms with Crippen molar-refractivity contribution in [3.8, 4) is 6.07 Å². The zero-order valence-corrected chi connectivity index (χ0v) is 18.5. The first-order valence-electron chi connectivity index (χ1n) is 11.0. The van der Waals surface area contributed by atoms with Crippen LogP contribution in [0.5, 0.6) is 0 Å². The van der Waals surface area contributed by atoms with E-state index in [1.165, 1.54) is 0 Å². The smallest absolute Gasteiger partial charge is 0.142 e. The Morgan fingerprint density at radius 1 is 1.35 bits per heavy atom. The highest BCUT2D eigenvalue weighted by Gasteiger charge is 2.27. The zero-order chi connectivity index (χ0) is 22.0. The van der Waals surface area contributed by atoms with Crippen molar-refractivity contribution in [1.82, 2.24) is 24.8 Å². The van der Waals surface area contributed by atoms with Gasteiger partial charge in [0.05, 0.1) is 24.3 Å². The first-order valence-corrected chi connectivity index (χ1v) is 11.0. The number of pyridine rings is 1. The van der Waals surface area contributed by atoms with Gasteiger partial charge >= 0.3 is 0 Å². The lowest BCUT2D eigenvalue weighted by molar-refractivity contribution is 0.277. The van der Waals surface area contributed by atoms with E-state index >= 15 is 0 Å². The Balaban J connectivity index is 1.68. The van der Waals surface area contributed by atoms with E-state index < -0.39 is 0 Å². The number of amidine groups is 1. The molecular weight excluding hydrogens is 390 g/mol. The molecule has 0 radical (unpaired) electrons. The van der Waals surface area contributed by atoms with Gasteiger partial charge in [0.2, 0.25) is 0 Å². The fourth-order valence-corrected chi connectivity index (χ4v) is 4.71. The maximum atomic E-state index is 9.48. The number of nitrogens with zero attached hydrogens (tertiary/aromatic N) is 5. The van der Waals surface area contributed by atoms with Crippen molar-refractivity contribution in [1.29, 1.82) is 5.26 Å². The predicted molar refractivity (Wildman–Crippen MR) is 121 cm³/mol. The van der Waals surface area contributed by atoms with Gasteiger partial charge in [-0.05, 0) is 43.1 Å². The lowest BCUT2D eigenvalue weighted by Crippen LogP contribution is -2.29. The van der Waals surface area contributed by atoms with E-state index in [1.54, 1.807) is 0 Å². The number of nitriles is 1. The minimum Gasteiger partial charge on any atom is -0.409 e. The Labute approximate surface area is 182 Å². The average molecular weight is 422 g/mol. The number of aromatic amines is 1. The van der Waals surface area contributed by atoms with Gasteiger partial charge < -0.3 is 20.1 Å². The second-order valence-corrected chi connectivity index (χ2v) is 9.80. The summed E-state index contributed by atoms with van der Waals surface area (Å²) in [6.45, 7) is 6.82. The predicted octanol–water partition coefficient (Wildman–Crippen LogP) is 4.87. The standard InChI is InChI=1S/C23H31N7O/c1-23(2,3)12-19(29-31)26-14-20-28-18-13-27-22-17(9-11-25-22)21(18)30(20)16-6-4-15(5-7-16)8-10-24/h9,11,13,15-16,31H,4-8,12,14H2,1-3H3,(H,25,27)(H,26,29). The van der Waals surface area contributed by atoms with Crippen molar-refractivity contribution in [2.45, 2.75) is 71.9 Å². The Kier molecular flexibility index (Phi) is 5.86. The van der Waals surface area contributed by atoms with Crippen LogP contribution in [0.4, 0.5) is 0 Å². The highest BCUT2D eigenvalue weighted by molar-refractivity contribution is 6.01. The molecule has 0 aliphatic heterocycles. The average Bonchev–Trinajstić information content (AvgIpc) is 3.35. The number of oxime groups is 1. The molecule has 0 aromatic carbocycles. The summed E-state index contributed by atoms with van der Waals surface area (Å²) in [6, 6.07) is 4.71. The number of aromatic nitrogens is 4. The molecule has 0 saturated heterocycles. The number of nitrogens with one attached hydrogen (secondary N) is 2. The molecule has 1 aliphatic carbocycles. The Morgan fingerprint density at radius 2 is 2.13 bits per heavy atom. The molecule has 31 heavy (non-hydrogen) atoms. The third-order valence-electron chi connectivity index (χ3n) is 6.14. The number of hydrogen-bond acceptors (Lipinski definition) is 5. The van der Waals surface area contributed by atoms with Crippen molar-refractivity contribution >= 4 is 27.9 Å². The molecule has 3 N–H and O–H groups in total. The molecule has 164 valence electrons. The van der Waals surface area contributed by atoms with E-state index in [0.717, 1.165) is 53.6 Å². The first kappa shape index (κ1) is 21.2. The van der Waals surface area contributed by atoms with Crippen molar-refractivity contribution in [2.75, 3.05) is 0 Å². The van der Waals surface area contributed by atoms with E-state index in [0.29, 0.717) is 37.2 Å². The number of fused-ring (bicyclic) bond motifs is 3. The van der Waals surface area contributed by atoms with Crippen LogP contribution in [0.2, 0.25) is 0 Å². The number of rotatable bonds is 5. The molecule has 0 spiro atoms. The second-order valence-electron chi connectivity index (χ2n) is 9.80. The molecule has 3 aromatic heterocycles. The molecule has 1 fully saturated rings. The monoisotopic (exact) mass is 421 g/mol. The van der Waals surface area contributed by atoms with Crippen LogP contribution in [0.15, 0.2) is 23.6 Å². The summed E-state index contributed by atoms with van der Waals surface area (Å²) < 4.78 is 2.36. The molecular formula is C23H31N7O. The summed E-state index contributed by atoms with van der Waals surface area (Å²) in [4.78, 5) is 12.6. The van der Waals surface area contributed by atoms with Gasteiger partial charge in [0, 0.05) is 30.5 Å². The van der Waals surface area contributed by atoms with Crippen molar-refractivity contribution in [3.63, 3.8) is 0 Å². The Morgan fingerprint density at radius 3 is 2.81 bits per heavy atom. The molecule has 3 heterocycles. The molecule has 1 saturated carbocycles. The van der Waals surface area contributed by atoms with Crippen molar-refractivity contribution in [2.24, 2.45) is 16.5 Å². The van der Waals surface area contributed by atoms with E-state index in [2.05, 4.69) is 57.9 Å². The second kappa shape index (κ2) is 8.58. The molecule has 8 nitrogen and oxygen atoms in total. The van der Waals surface area contributed by atoms with Gasteiger partial charge in [0.15, 0.2) is 0 Å². The summed E-state index contributed by atoms with van der Waals surface area (Å²) in [6.07, 6.45) is 9.19. The first-order chi connectivity index (χ1) is 14.9. The fraction of sp³-hybridized carbons (Fsp3) is 0.565. The highest BCUT2D eigenvalue weighted by atomic mass is 16.4. The fourth-order valence-electron chi connectivity index (χ4n) is 4.71. The van der Waals surface area contributed by atoms with E-state index in [-0.39, 0.29) is 5.41 Å². The SMILES string of the molecule is CC(C)(C)C/C(=N/O)NCc1nc2cnc3[nH]ccc3c2n1C1CCC(CC#N)CC1. The van der Waals surface area contributed by atoms with Gasteiger partial charge in [0.1, 0.15) is 22.8 Å². The summed E-state index contributed by atoms with van der Waals surface area (Å²) >= 11 is 0. The minimum absolute atomic E-state index is 0.00896. The Hall–Kier alpha value is -3.08. The van der Waals surface area contributed by atoms with E-state index in [4.69, 9.17) is 10.2 Å². The topological polar surface area (TPSA) is 115 Å². The molecule has 1 aliphatic rings. The third kappa shape index (κ3) is 4.50. The zero-order valence-electron chi connectivity index (χ0n) is 18.5. The quantitative estimate of drug-likeness (QED) is 0.235. The highest BCUT2D eigenvalue weighted by Crippen LogP contribution is 2.37. The summed E-state index contributed by atoms with van der Waals surface area (Å²) in [5.74, 6) is 1.98. The minimum atomic E-state index is 0.00896. The van der Waals surface area contributed by atoms with Crippen LogP contribution in [0.1, 0.15) is 71.2 Å². The number of H-pyrrole nitrogens is 1. The molecule has 0 atom stereocenters. The molecule has 0 unspecified atom stereocenters. The van der Waals surface area contributed by atoms with E-state index in [9.17, 15) is 5.21 Å². The number of imidazole rings is 1. The van der Waals surface area contributed by atoms with Crippen LogP contribution in [0.25, 0.3) is 22.1 Å². The van der Waals surface area contributed by atoms with Crippen molar-refractivity contribution in [3.05, 3.63) is 24.3 Å². The van der Waals surface area contributed by atoms with Gasteiger partial charge in [-0.15, -0.1) is 0 Å². The van der Waals surface area contributed by atoms with Crippen LogP contribution in [0.3, 0.4) is 0 Å². The normalized spacial score (nSPS) is 20.3. The molecule has 0 amide bonds. The lowest BCUT2D eigenvalue weighted by Gasteiger charge is -2.30. The van der Waals surface area contributed by atoms with Gasteiger partial charge in [-0.1, -0.05) is 25.9 Å². The van der Waals surface area contributed by atoms with Crippen LogP contribution >= 0.6 is 0 Å². The number of hydrogen-bond donors (Lipinski definition) is 3. The summed E-state index contributed by atoms with van der Waals surface area (Å²) in [7, 11) is 0. The van der Waals surface area contributed by atoms with Gasteiger partial charge in [-0.3, -0.25) is 0 Å². The van der Waals surface area contributed by atoms with Gasteiger partial charge in [0.25, 0.3) is 0 Å². The Bertz CT molecular complexity index is 1120. The maximum Gasteiger partial charge on any atom is 0.142 e. The molecule has 8 heteroatoms. The molecule has 3 aromatic rings. The summed E-state index contributed by atoms with van der Waals surface area (Å²) in [5.41, 5.74) is 2.85. The lowest BCUT2D eigenvalue weighted by atomic mass is 9.84. The molecule has 0 bridgehead atoms. The van der Waals surface area contributed by atoms with Crippen LogP contribution in [-0.4, -0.2) is 30.6 Å². The van der Waals surface area contributed by atoms with E-state index in [1.807, 2.05) is 12.4 Å². The van der Waals surface area contributed by atoms with Gasteiger partial charge in [-0.25, -0.2) is 9.97 Å². The molecule has 4 rings (SSSR count). The largest absolute Gasteiger partial charge is 0.409 e. The maximum absolute atomic E-state index is 9.48. The van der Waals surface area contributed by atoms with Crippen LogP contribution in [0, 0.1) is 22.7 Å². The third-order valence-corrected chi connectivity index (χ3v) is 6.14. The van der Waals surface area contributed by atoms with Gasteiger partial charge in [-0.2, -0.15) is 5.26 Å².